The molecule has 0 radical (unpaired) electrons. The van der Waals surface area contributed by atoms with Crippen LogP contribution in [0, 0.1) is 5.82 Å². The third-order valence-corrected chi connectivity index (χ3v) is 4.64. The van der Waals surface area contributed by atoms with Gasteiger partial charge in [-0.2, -0.15) is 0 Å². The van der Waals surface area contributed by atoms with Gasteiger partial charge in [-0.15, -0.1) is 0 Å². The minimum absolute atomic E-state index is 0.0940. The molecule has 1 fully saturated rings. The number of aryl methyl sites for hydroxylation is 1. The largest absolute Gasteiger partial charge is 0.497 e. The fourth-order valence-electron chi connectivity index (χ4n) is 3.32. The van der Waals surface area contributed by atoms with Gasteiger partial charge in [0.05, 0.1) is 13.2 Å². The van der Waals surface area contributed by atoms with Crippen LogP contribution < -0.4 is 4.74 Å². The predicted molar refractivity (Wildman–Crippen MR) is 91.4 cm³/mol. The van der Waals surface area contributed by atoms with E-state index in [1.165, 1.54) is 6.07 Å². The summed E-state index contributed by atoms with van der Waals surface area (Å²) in [6.07, 6.45) is 2.75. The third kappa shape index (κ3) is 3.58. The van der Waals surface area contributed by atoms with Crippen molar-refractivity contribution in [3.63, 3.8) is 0 Å². The molecule has 0 N–H and O–H groups in total. The molecule has 24 heavy (non-hydrogen) atoms. The average molecular weight is 327 g/mol. The van der Waals surface area contributed by atoms with E-state index in [1.54, 1.807) is 25.3 Å². The summed E-state index contributed by atoms with van der Waals surface area (Å²) in [4.78, 5) is 14.5. The Morgan fingerprint density at radius 1 is 1.21 bits per heavy atom. The van der Waals surface area contributed by atoms with Crippen molar-refractivity contribution in [2.75, 3.05) is 13.7 Å². The zero-order chi connectivity index (χ0) is 16.9. The third-order valence-electron chi connectivity index (χ3n) is 4.64. The number of ether oxygens (including phenoxy) is 1. The van der Waals surface area contributed by atoms with Gasteiger partial charge in [0.2, 0.25) is 5.91 Å². The highest BCUT2D eigenvalue weighted by Gasteiger charge is 2.29. The highest BCUT2D eigenvalue weighted by atomic mass is 19.1. The molecule has 0 aromatic heterocycles. The van der Waals surface area contributed by atoms with Crippen LogP contribution in [0.25, 0.3) is 0 Å². The number of carbonyl (C=O) groups excluding carboxylic acids is 1. The highest BCUT2D eigenvalue weighted by Crippen LogP contribution is 2.33. The molecule has 1 unspecified atom stereocenters. The predicted octanol–water partition coefficient (Wildman–Crippen LogP) is 4.13. The van der Waals surface area contributed by atoms with Crippen LogP contribution >= 0.6 is 0 Å². The summed E-state index contributed by atoms with van der Waals surface area (Å²) in [5.41, 5.74) is 1.73. The molecule has 4 heteroatoms. The van der Waals surface area contributed by atoms with Gasteiger partial charge < -0.3 is 9.64 Å². The molecule has 3 nitrogen and oxygen atoms in total. The molecule has 126 valence electrons. The van der Waals surface area contributed by atoms with Crippen molar-refractivity contribution in [1.82, 2.24) is 4.90 Å². The fourth-order valence-corrected chi connectivity index (χ4v) is 3.32. The molecule has 0 aliphatic carbocycles. The molecule has 1 aliphatic heterocycles. The highest BCUT2D eigenvalue weighted by molar-refractivity contribution is 5.77. The maximum absolute atomic E-state index is 13.7. The molecule has 1 amide bonds. The first-order chi connectivity index (χ1) is 11.7. The Hall–Kier alpha value is -2.36. The maximum atomic E-state index is 13.7. The van der Waals surface area contributed by atoms with Gasteiger partial charge in [0.15, 0.2) is 0 Å². The summed E-state index contributed by atoms with van der Waals surface area (Å²) in [5.74, 6) is 0.671. The van der Waals surface area contributed by atoms with Crippen molar-refractivity contribution in [3.8, 4) is 5.75 Å². The SMILES string of the molecule is COc1ccc(C2CCCN2C(=O)CCc2ccccc2F)cc1. The van der Waals surface area contributed by atoms with E-state index in [2.05, 4.69) is 0 Å². The number of amides is 1. The average Bonchev–Trinajstić information content (AvgIpc) is 3.10. The zero-order valence-electron chi connectivity index (χ0n) is 13.9. The van der Waals surface area contributed by atoms with Crippen molar-refractivity contribution >= 4 is 5.91 Å². The van der Waals surface area contributed by atoms with E-state index in [9.17, 15) is 9.18 Å². The summed E-state index contributed by atoms with van der Waals surface area (Å²) in [6, 6.07) is 14.7. The first-order valence-electron chi connectivity index (χ1n) is 8.36. The Bertz CT molecular complexity index is 699. The summed E-state index contributed by atoms with van der Waals surface area (Å²) in [5, 5.41) is 0. The van der Waals surface area contributed by atoms with Gasteiger partial charge >= 0.3 is 0 Å². The Labute approximate surface area is 142 Å². The van der Waals surface area contributed by atoms with Crippen LogP contribution in [0.4, 0.5) is 4.39 Å². The fraction of sp³-hybridized carbons (Fsp3) is 0.350. The number of hydrogen-bond donors (Lipinski definition) is 0. The zero-order valence-corrected chi connectivity index (χ0v) is 13.9. The normalized spacial score (nSPS) is 17.1. The molecule has 1 aliphatic rings. The Balaban J connectivity index is 1.66. The smallest absolute Gasteiger partial charge is 0.223 e. The molecule has 2 aromatic rings. The number of hydrogen-bond acceptors (Lipinski definition) is 2. The number of carbonyl (C=O) groups is 1. The molecule has 0 saturated carbocycles. The van der Waals surface area contributed by atoms with E-state index in [0.29, 0.717) is 18.4 Å². The Morgan fingerprint density at radius 3 is 2.67 bits per heavy atom. The van der Waals surface area contributed by atoms with E-state index in [4.69, 9.17) is 4.74 Å². The summed E-state index contributed by atoms with van der Waals surface area (Å²) >= 11 is 0. The summed E-state index contributed by atoms with van der Waals surface area (Å²) in [7, 11) is 1.64. The van der Waals surface area contributed by atoms with Crippen LogP contribution in [0.5, 0.6) is 5.75 Å². The second kappa shape index (κ2) is 7.47. The second-order valence-electron chi connectivity index (χ2n) is 6.11. The topological polar surface area (TPSA) is 29.5 Å². The minimum Gasteiger partial charge on any atom is -0.497 e. The lowest BCUT2D eigenvalue weighted by Crippen LogP contribution is -2.30. The molecular weight excluding hydrogens is 305 g/mol. The monoisotopic (exact) mass is 327 g/mol. The number of halogens is 1. The maximum Gasteiger partial charge on any atom is 0.223 e. The van der Waals surface area contributed by atoms with Crippen LogP contribution in [0.15, 0.2) is 48.5 Å². The molecule has 2 aromatic carbocycles. The van der Waals surface area contributed by atoms with Crippen molar-refractivity contribution in [2.45, 2.75) is 31.7 Å². The molecule has 0 bridgehead atoms. The van der Waals surface area contributed by atoms with Crippen LogP contribution in [-0.2, 0) is 11.2 Å². The van der Waals surface area contributed by atoms with E-state index in [0.717, 1.165) is 30.7 Å². The number of likely N-dealkylation sites (tertiary alicyclic amines) is 1. The summed E-state index contributed by atoms with van der Waals surface area (Å²) < 4.78 is 18.9. The minimum atomic E-state index is -0.238. The van der Waals surface area contributed by atoms with Crippen LogP contribution in [-0.4, -0.2) is 24.5 Å². The first kappa shape index (κ1) is 16.5. The summed E-state index contributed by atoms with van der Waals surface area (Å²) in [6.45, 7) is 0.771. The van der Waals surface area contributed by atoms with Gasteiger partial charge in [-0.05, 0) is 48.6 Å². The van der Waals surface area contributed by atoms with E-state index >= 15 is 0 Å². The van der Waals surface area contributed by atoms with E-state index < -0.39 is 0 Å². The number of nitrogens with zero attached hydrogens (tertiary/aromatic N) is 1. The van der Waals surface area contributed by atoms with E-state index in [1.807, 2.05) is 29.2 Å². The number of benzene rings is 2. The van der Waals surface area contributed by atoms with Crippen molar-refractivity contribution in [3.05, 3.63) is 65.5 Å². The Morgan fingerprint density at radius 2 is 1.96 bits per heavy atom. The van der Waals surface area contributed by atoms with Crippen molar-refractivity contribution in [2.24, 2.45) is 0 Å². The molecule has 1 atom stereocenters. The lowest BCUT2D eigenvalue weighted by Gasteiger charge is -2.25. The van der Waals surface area contributed by atoms with E-state index in [-0.39, 0.29) is 17.8 Å². The van der Waals surface area contributed by atoms with Crippen molar-refractivity contribution in [1.29, 1.82) is 0 Å². The lowest BCUT2D eigenvalue weighted by molar-refractivity contribution is -0.132. The second-order valence-corrected chi connectivity index (χ2v) is 6.11. The van der Waals surface area contributed by atoms with Crippen LogP contribution in [0.2, 0.25) is 0 Å². The number of methoxy groups -OCH3 is 1. The molecule has 3 rings (SSSR count). The lowest BCUT2D eigenvalue weighted by atomic mass is 10.0. The number of rotatable bonds is 5. The molecule has 1 saturated heterocycles. The molecular formula is C20H22FNO2. The van der Waals surface area contributed by atoms with Crippen LogP contribution in [0.3, 0.4) is 0 Å². The first-order valence-corrected chi connectivity index (χ1v) is 8.36. The molecule has 1 heterocycles. The quantitative estimate of drug-likeness (QED) is 0.826. The van der Waals surface area contributed by atoms with Gasteiger partial charge in [-0.1, -0.05) is 30.3 Å². The Kier molecular flexibility index (Phi) is 5.14. The van der Waals surface area contributed by atoms with Gasteiger partial charge in [-0.25, -0.2) is 4.39 Å². The van der Waals surface area contributed by atoms with Gasteiger partial charge in [0.25, 0.3) is 0 Å². The standard InChI is InChI=1S/C20H22FNO2/c1-24-17-11-8-16(9-12-17)19-7-4-14-22(19)20(23)13-10-15-5-2-3-6-18(15)21/h2-3,5-6,8-9,11-12,19H,4,7,10,13-14H2,1H3. The van der Waals surface area contributed by atoms with Gasteiger partial charge in [0.1, 0.15) is 11.6 Å². The van der Waals surface area contributed by atoms with Gasteiger partial charge in [0, 0.05) is 13.0 Å². The van der Waals surface area contributed by atoms with Crippen LogP contribution in [0.1, 0.15) is 36.4 Å². The van der Waals surface area contributed by atoms with Gasteiger partial charge in [-0.3, -0.25) is 4.79 Å². The molecule has 0 spiro atoms. The van der Waals surface area contributed by atoms with Crippen molar-refractivity contribution < 1.29 is 13.9 Å².